The van der Waals surface area contributed by atoms with Crippen LogP contribution >= 0.6 is 11.3 Å². The maximum absolute atomic E-state index is 9.87. The average molecular weight is 363 g/mol. The molecule has 1 aromatic carbocycles. The molecule has 1 N–H and O–H groups in total. The summed E-state index contributed by atoms with van der Waals surface area (Å²) in [6, 6.07) is 13.1. The Morgan fingerprint density at radius 3 is 2.88 bits per heavy atom. The second-order valence-electron chi connectivity index (χ2n) is 5.83. The number of aliphatic imine (C=N–C) groups is 1. The number of benzene rings is 1. The van der Waals surface area contributed by atoms with Gasteiger partial charge in [0.1, 0.15) is 11.3 Å². The van der Waals surface area contributed by atoms with E-state index in [1.807, 2.05) is 41.1 Å². The molecular formula is C20H17N3O2S. The third-order valence-corrected chi connectivity index (χ3v) is 5.12. The van der Waals surface area contributed by atoms with Crippen molar-refractivity contribution in [3.63, 3.8) is 0 Å². The van der Waals surface area contributed by atoms with Crippen molar-refractivity contribution in [1.82, 2.24) is 9.38 Å². The predicted octanol–water partition coefficient (Wildman–Crippen LogP) is 4.84. The van der Waals surface area contributed by atoms with Gasteiger partial charge in [0.2, 0.25) is 0 Å². The van der Waals surface area contributed by atoms with E-state index in [1.165, 1.54) is 12.7 Å². The van der Waals surface area contributed by atoms with Crippen LogP contribution in [0.15, 0.2) is 59.0 Å². The monoisotopic (exact) mass is 363 g/mol. The molecule has 3 aromatic heterocycles. The smallest absolute Gasteiger partial charge is 0.165 e. The van der Waals surface area contributed by atoms with Crippen LogP contribution in [0, 0.1) is 6.92 Å². The van der Waals surface area contributed by atoms with Crippen LogP contribution in [-0.4, -0.2) is 27.8 Å². The summed E-state index contributed by atoms with van der Waals surface area (Å²) in [6.07, 6.45) is 3.81. The quantitative estimate of drug-likeness (QED) is 0.528. The number of phenols is 1. The van der Waals surface area contributed by atoms with Crippen molar-refractivity contribution in [2.24, 2.45) is 4.99 Å². The summed E-state index contributed by atoms with van der Waals surface area (Å²) in [6.45, 7) is 2.07. The van der Waals surface area contributed by atoms with E-state index in [2.05, 4.69) is 18.4 Å². The molecule has 0 aliphatic carbocycles. The highest BCUT2D eigenvalue weighted by Crippen LogP contribution is 2.36. The lowest BCUT2D eigenvalue weighted by Crippen LogP contribution is -1.87. The van der Waals surface area contributed by atoms with Crippen molar-refractivity contribution in [1.29, 1.82) is 0 Å². The lowest BCUT2D eigenvalue weighted by atomic mass is 10.1. The number of rotatable bonds is 4. The van der Waals surface area contributed by atoms with E-state index in [0.717, 1.165) is 27.6 Å². The van der Waals surface area contributed by atoms with Gasteiger partial charge in [-0.1, -0.05) is 6.07 Å². The first-order valence-electron chi connectivity index (χ1n) is 8.10. The van der Waals surface area contributed by atoms with Crippen LogP contribution in [-0.2, 0) is 0 Å². The summed E-state index contributed by atoms with van der Waals surface area (Å²) < 4.78 is 7.19. The number of aromatic hydroxyl groups is 1. The minimum absolute atomic E-state index is 0.0966. The van der Waals surface area contributed by atoms with Crippen molar-refractivity contribution in [2.75, 3.05) is 7.11 Å². The van der Waals surface area contributed by atoms with E-state index in [1.54, 1.807) is 23.5 Å². The Labute approximate surface area is 154 Å². The average Bonchev–Trinajstić information content (AvgIpc) is 3.23. The summed E-state index contributed by atoms with van der Waals surface area (Å²) in [5, 5.41) is 11.9. The van der Waals surface area contributed by atoms with Gasteiger partial charge in [0.15, 0.2) is 17.3 Å². The minimum Gasteiger partial charge on any atom is -0.504 e. The molecule has 0 bridgehead atoms. The van der Waals surface area contributed by atoms with Gasteiger partial charge in [-0.2, -0.15) is 0 Å². The Morgan fingerprint density at radius 1 is 1.23 bits per heavy atom. The molecule has 0 amide bonds. The van der Waals surface area contributed by atoms with Gasteiger partial charge in [0.05, 0.1) is 7.11 Å². The lowest BCUT2D eigenvalue weighted by molar-refractivity contribution is 0.373. The van der Waals surface area contributed by atoms with Gasteiger partial charge in [0, 0.05) is 22.9 Å². The van der Waals surface area contributed by atoms with Crippen LogP contribution in [0.3, 0.4) is 0 Å². The van der Waals surface area contributed by atoms with E-state index < -0.39 is 0 Å². The third kappa shape index (κ3) is 2.84. The fourth-order valence-corrected chi connectivity index (χ4v) is 3.55. The van der Waals surface area contributed by atoms with Crippen molar-refractivity contribution >= 4 is 29.0 Å². The molecule has 0 aliphatic heterocycles. The molecule has 4 aromatic rings. The van der Waals surface area contributed by atoms with Crippen LogP contribution in [0.2, 0.25) is 0 Å². The van der Waals surface area contributed by atoms with Gasteiger partial charge in [-0.25, -0.2) is 9.98 Å². The first-order chi connectivity index (χ1) is 12.7. The Balaban J connectivity index is 1.89. The standard InChI is InChI=1S/C20H17N3O2S/c1-13-8-10-26-17(13)12-21-20-19(22-18-5-3-4-9-23(18)20)14-6-7-15(24)16(11-14)25-2/h3-12,24H,1-2H3/b21-12+. The molecule has 0 saturated carbocycles. The van der Waals surface area contributed by atoms with Crippen LogP contribution < -0.4 is 4.74 Å². The molecule has 0 aliphatic rings. The topological polar surface area (TPSA) is 59.1 Å². The molecule has 6 heteroatoms. The zero-order chi connectivity index (χ0) is 18.1. The van der Waals surface area contributed by atoms with Crippen molar-refractivity contribution in [3.05, 3.63) is 64.5 Å². The molecular weight excluding hydrogens is 346 g/mol. The summed E-state index contributed by atoms with van der Waals surface area (Å²) >= 11 is 1.65. The van der Waals surface area contributed by atoms with Gasteiger partial charge in [-0.05, 0) is 54.3 Å². The zero-order valence-corrected chi connectivity index (χ0v) is 15.2. The van der Waals surface area contributed by atoms with Crippen LogP contribution in [0.5, 0.6) is 11.5 Å². The van der Waals surface area contributed by atoms with Crippen molar-refractivity contribution in [2.45, 2.75) is 6.92 Å². The normalized spacial score (nSPS) is 11.5. The fraction of sp³-hybridized carbons (Fsp3) is 0.100. The van der Waals surface area contributed by atoms with E-state index >= 15 is 0 Å². The Hall–Kier alpha value is -3.12. The van der Waals surface area contributed by atoms with E-state index in [0.29, 0.717) is 5.75 Å². The highest BCUT2D eigenvalue weighted by molar-refractivity contribution is 7.11. The summed E-state index contributed by atoms with van der Waals surface area (Å²) in [4.78, 5) is 10.6. The van der Waals surface area contributed by atoms with Gasteiger partial charge < -0.3 is 9.84 Å². The first-order valence-corrected chi connectivity index (χ1v) is 8.98. The highest BCUT2D eigenvalue weighted by Gasteiger charge is 2.15. The number of phenolic OH excluding ortho intramolecular Hbond substituents is 1. The SMILES string of the molecule is COc1cc(-c2nc3ccccn3c2/N=C/c2sccc2C)ccc1O. The largest absolute Gasteiger partial charge is 0.504 e. The van der Waals surface area contributed by atoms with Crippen molar-refractivity contribution < 1.29 is 9.84 Å². The number of aromatic nitrogens is 2. The lowest BCUT2D eigenvalue weighted by Gasteiger charge is -2.05. The Bertz CT molecular complexity index is 1110. The van der Waals surface area contributed by atoms with Crippen LogP contribution in [0.4, 0.5) is 5.82 Å². The summed E-state index contributed by atoms with van der Waals surface area (Å²) in [5.41, 5.74) is 3.57. The number of hydrogen-bond donors (Lipinski definition) is 1. The van der Waals surface area contributed by atoms with Gasteiger partial charge in [-0.3, -0.25) is 4.40 Å². The van der Waals surface area contributed by atoms with Gasteiger partial charge >= 0.3 is 0 Å². The van der Waals surface area contributed by atoms with Gasteiger partial charge in [-0.15, -0.1) is 11.3 Å². The Kier molecular flexibility index (Phi) is 4.18. The molecule has 0 spiro atoms. The maximum atomic E-state index is 9.87. The minimum atomic E-state index is 0.0966. The third-order valence-electron chi connectivity index (χ3n) is 4.16. The fourth-order valence-electron chi connectivity index (χ4n) is 2.76. The second kappa shape index (κ2) is 6.65. The molecule has 0 radical (unpaired) electrons. The summed E-state index contributed by atoms with van der Waals surface area (Å²) in [7, 11) is 1.53. The number of thiophene rings is 1. The number of aryl methyl sites for hydroxylation is 1. The maximum Gasteiger partial charge on any atom is 0.165 e. The van der Waals surface area contributed by atoms with Crippen molar-refractivity contribution in [3.8, 4) is 22.8 Å². The number of imidazole rings is 1. The number of ether oxygens (including phenoxy) is 1. The number of nitrogens with zero attached hydrogens (tertiary/aromatic N) is 3. The molecule has 5 nitrogen and oxygen atoms in total. The van der Waals surface area contributed by atoms with Gasteiger partial charge in [0.25, 0.3) is 0 Å². The number of fused-ring (bicyclic) bond motifs is 1. The second-order valence-corrected chi connectivity index (χ2v) is 6.77. The van der Waals surface area contributed by atoms with E-state index in [4.69, 9.17) is 14.7 Å². The molecule has 0 fully saturated rings. The zero-order valence-electron chi connectivity index (χ0n) is 14.4. The number of hydrogen-bond acceptors (Lipinski definition) is 5. The molecule has 26 heavy (non-hydrogen) atoms. The molecule has 0 saturated heterocycles. The Morgan fingerprint density at radius 2 is 2.12 bits per heavy atom. The molecule has 0 atom stereocenters. The van der Waals surface area contributed by atoms with Crippen LogP contribution in [0.1, 0.15) is 10.4 Å². The number of methoxy groups -OCH3 is 1. The first kappa shape index (κ1) is 16.4. The van der Waals surface area contributed by atoms with Crippen LogP contribution in [0.25, 0.3) is 16.9 Å². The van der Waals surface area contributed by atoms with E-state index in [9.17, 15) is 5.11 Å². The summed E-state index contributed by atoms with van der Waals surface area (Å²) in [5.74, 6) is 1.24. The predicted molar refractivity (Wildman–Crippen MR) is 105 cm³/mol. The molecule has 4 rings (SSSR count). The number of pyridine rings is 1. The molecule has 130 valence electrons. The molecule has 0 unspecified atom stereocenters. The molecule has 3 heterocycles. The highest BCUT2D eigenvalue weighted by atomic mass is 32.1. The van der Waals surface area contributed by atoms with E-state index in [-0.39, 0.29) is 5.75 Å².